The molecule has 3 aromatic rings. The highest BCUT2D eigenvalue weighted by Crippen LogP contribution is 2.54. The minimum Gasteiger partial charge on any atom is -0.395 e. The highest BCUT2D eigenvalue weighted by atomic mass is 16.3. The molecule has 0 radical (unpaired) electrons. The summed E-state index contributed by atoms with van der Waals surface area (Å²) in [4.78, 5) is 13.5. The van der Waals surface area contributed by atoms with Crippen molar-refractivity contribution in [1.29, 1.82) is 0 Å². The average Bonchev–Trinajstić information content (AvgIpc) is 2.75. The molecule has 0 unspecified atom stereocenters. The molecule has 1 N–H and O–H groups in total. The zero-order valence-electron chi connectivity index (χ0n) is 16.4. The number of hydrogen-bond donors (Lipinski definition) is 1. The molecule has 2 atom stereocenters. The Bertz CT molecular complexity index is 929. The molecule has 0 aliphatic carbocycles. The van der Waals surface area contributed by atoms with E-state index >= 15 is 0 Å². The summed E-state index contributed by atoms with van der Waals surface area (Å²) in [5.41, 5.74) is 3.83. The Morgan fingerprint density at radius 1 is 0.862 bits per heavy atom. The third-order valence-corrected chi connectivity index (χ3v) is 6.48. The largest absolute Gasteiger partial charge is 0.395 e. The van der Waals surface area contributed by atoms with Crippen molar-refractivity contribution in [2.24, 2.45) is 0 Å². The second-order valence-corrected chi connectivity index (χ2v) is 8.24. The van der Waals surface area contributed by atoms with Gasteiger partial charge in [0.05, 0.1) is 12.1 Å². The molecule has 1 spiro atoms. The van der Waals surface area contributed by atoms with E-state index in [0.29, 0.717) is 5.92 Å². The van der Waals surface area contributed by atoms with E-state index in [2.05, 4.69) is 62.2 Å². The van der Waals surface area contributed by atoms with Gasteiger partial charge in [-0.15, -0.1) is 0 Å². The van der Waals surface area contributed by atoms with Crippen LogP contribution in [-0.2, 0) is 13.1 Å². The highest BCUT2D eigenvalue weighted by Gasteiger charge is 2.65. The second-order valence-electron chi connectivity index (χ2n) is 8.24. The highest BCUT2D eigenvalue weighted by molar-refractivity contribution is 5.36. The van der Waals surface area contributed by atoms with Crippen LogP contribution in [0.5, 0.6) is 0 Å². The number of pyridine rings is 2. The number of hydrogen-bond acceptors (Lipinski definition) is 5. The van der Waals surface area contributed by atoms with E-state index in [0.717, 1.165) is 26.2 Å². The first-order chi connectivity index (χ1) is 14.3. The Morgan fingerprint density at radius 3 is 2.10 bits per heavy atom. The molecule has 0 bridgehead atoms. The van der Waals surface area contributed by atoms with E-state index in [4.69, 9.17) is 0 Å². The quantitative estimate of drug-likeness (QED) is 0.706. The van der Waals surface area contributed by atoms with E-state index in [1.165, 1.54) is 16.7 Å². The van der Waals surface area contributed by atoms with Gasteiger partial charge >= 0.3 is 0 Å². The summed E-state index contributed by atoms with van der Waals surface area (Å²) in [7, 11) is 0. The molecule has 4 heterocycles. The van der Waals surface area contributed by atoms with Crippen molar-refractivity contribution < 1.29 is 5.11 Å². The first-order valence-corrected chi connectivity index (χ1v) is 10.2. The summed E-state index contributed by atoms with van der Waals surface area (Å²) < 4.78 is 0. The second kappa shape index (κ2) is 7.67. The first kappa shape index (κ1) is 18.4. The third kappa shape index (κ3) is 3.25. The van der Waals surface area contributed by atoms with Crippen molar-refractivity contribution in [2.75, 3.05) is 19.7 Å². The molecule has 5 nitrogen and oxygen atoms in total. The molecule has 2 aliphatic rings. The van der Waals surface area contributed by atoms with Crippen LogP contribution in [-0.4, -0.2) is 56.2 Å². The maximum atomic E-state index is 10.2. The minimum atomic E-state index is 0.0623. The summed E-state index contributed by atoms with van der Waals surface area (Å²) in [5, 5.41) is 10.2. The summed E-state index contributed by atoms with van der Waals surface area (Å²) in [6, 6.07) is 19.1. The molecule has 2 aliphatic heterocycles. The number of aliphatic hydroxyl groups is 1. The zero-order valence-corrected chi connectivity index (χ0v) is 16.4. The summed E-state index contributed by atoms with van der Waals surface area (Å²) in [5.74, 6) is 0.343. The number of aromatic nitrogens is 2. The SMILES string of the molecule is OC[C@@H]1[C@@H](c2ccccc2)C2(CN(Cc3cccnc3)C2)N1Cc1cccnc1. The van der Waals surface area contributed by atoms with Crippen LogP contribution in [0.2, 0.25) is 0 Å². The lowest BCUT2D eigenvalue weighted by Gasteiger charge is -2.71. The molecule has 1 aromatic carbocycles. The van der Waals surface area contributed by atoms with Crippen LogP contribution in [0.25, 0.3) is 0 Å². The predicted octanol–water partition coefficient (Wildman–Crippen LogP) is 2.69. The normalized spacial score (nSPS) is 23.5. The molecular weight excluding hydrogens is 360 g/mol. The number of likely N-dealkylation sites (tertiary alicyclic amines) is 2. The fourth-order valence-electron chi connectivity index (χ4n) is 5.29. The molecule has 0 saturated carbocycles. The summed E-state index contributed by atoms with van der Waals surface area (Å²) >= 11 is 0. The molecule has 5 heteroatoms. The molecule has 5 rings (SSSR count). The summed E-state index contributed by atoms with van der Waals surface area (Å²) in [6.45, 7) is 3.91. The standard InChI is InChI=1S/C24H26N4O/c29-16-22-23(21-8-2-1-3-9-21)24(28(22)15-20-7-5-11-26-13-20)17-27(18-24)14-19-6-4-10-25-12-19/h1-13,22-23,29H,14-18H2/t22-,23-/m1/s1. The monoisotopic (exact) mass is 386 g/mol. The number of rotatable bonds is 6. The topological polar surface area (TPSA) is 52.5 Å². The van der Waals surface area contributed by atoms with Crippen molar-refractivity contribution in [3.63, 3.8) is 0 Å². The smallest absolute Gasteiger partial charge is 0.0593 e. The fourth-order valence-corrected chi connectivity index (χ4v) is 5.29. The Labute approximate surface area is 171 Å². The number of aliphatic hydroxyl groups excluding tert-OH is 1. The van der Waals surface area contributed by atoms with Crippen LogP contribution in [0, 0.1) is 0 Å². The fraction of sp³-hybridized carbons (Fsp3) is 0.333. The maximum Gasteiger partial charge on any atom is 0.0593 e. The molecule has 2 saturated heterocycles. The van der Waals surface area contributed by atoms with Crippen LogP contribution >= 0.6 is 0 Å². The van der Waals surface area contributed by atoms with Crippen molar-refractivity contribution in [1.82, 2.24) is 19.8 Å². The molecule has 0 amide bonds. The van der Waals surface area contributed by atoms with Crippen molar-refractivity contribution in [3.05, 3.63) is 96.1 Å². The van der Waals surface area contributed by atoms with Crippen LogP contribution < -0.4 is 0 Å². The molecule has 148 valence electrons. The van der Waals surface area contributed by atoms with Crippen LogP contribution in [0.15, 0.2) is 79.4 Å². The number of benzene rings is 1. The molecule has 2 fully saturated rings. The maximum absolute atomic E-state index is 10.2. The van der Waals surface area contributed by atoms with Gasteiger partial charge in [-0.1, -0.05) is 42.5 Å². The van der Waals surface area contributed by atoms with E-state index in [-0.39, 0.29) is 18.2 Å². The van der Waals surface area contributed by atoms with Gasteiger partial charge in [0, 0.05) is 62.9 Å². The average molecular weight is 386 g/mol. The Balaban J connectivity index is 1.40. The van der Waals surface area contributed by atoms with Gasteiger partial charge in [0.25, 0.3) is 0 Å². The Morgan fingerprint density at radius 2 is 1.52 bits per heavy atom. The van der Waals surface area contributed by atoms with Crippen molar-refractivity contribution in [2.45, 2.75) is 30.6 Å². The van der Waals surface area contributed by atoms with E-state index < -0.39 is 0 Å². The van der Waals surface area contributed by atoms with Gasteiger partial charge in [-0.25, -0.2) is 0 Å². The van der Waals surface area contributed by atoms with E-state index in [1.54, 1.807) is 0 Å². The molecular formula is C24H26N4O. The van der Waals surface area contributed by atoms with Crippen molar-refractivity contribution >= 4 is 0 Å². The molecule has 2 aromatic heterocycles. The summed E-state index contributed by atoms with van der Waals surface area (Å²) in [6.07, 6.45) is 7.51. The number of nitrogens with zero attached hydrogens (tertiary/aromatic N) is 4. The molecule has 29 heavy (non-hydrogen) atoms. The lowest BCUT2D eigenvalue weighted by molar-refractivity contribution is -0.197. The minimum absolute atomic E-state index is 0.0623. The van der Waals surface area contributed by atoms with Gasteiger partial charge in [-0.3, -0.25) is 19.8 Å². The van der Waals surface area contributed by atoms with Gasteiger partial charge in [0.1, 0.15) is 0 Å². The zero-order chi connectivity index (χ0) is 19.7. The van der Waals surface area contributed by atoms with Gasteiger partial charge < -0.3 is 5.11 Å². The lowest BCUT2D eigenvalue weighted by Crippen LogP contribution is -2.83. The Hall–Kier alpha value is -2.60. The van der Waals surface area contributed by atoms with Crippen LogP contribution in [0.3, 0.4) is 0 Å². The van der Waals surface area contributed by atoms with Gasteiger partial charge in [-0.05, 0) is 28.8 Å². The van der Waals surface area contributed by atoms with Crippen molar-refractivity contribution in [3.8, 4) is 0 Å². The first-order valence-electron chi connectivity index (χ1n) is 10.2. The Kier molecular flexibility index (Phi) is 4.87. The van der Waals surface area contributed by atoms with Gasteiger partial charge in [0.2, 0.25) is 0 Å². The van der Waals surface area contributed by atoms with Gasteiger partial charge in [0.15, 0.2) is 0 Å². The lowest BCUT2D eigenvalue weighted by atomic mass is 9.60. The van der Waals surface area contributed by atoms with E-state index in [9.17, 15) is 5.11 Å². The van der Waals surface area contributed by atoms with E-state index in [1.807, 2.05) is 36.9 Å². The van der Waals surface area contributed by atoms with Gasteiger partial charge in [-0.2, -0.15) is 0 Å². The van der Waals surface area contributed by atoms with Crippen LogP contribution in [0.1, 0.15) is 22.6 Å². The predicted molar refractivity (Wildman–Crippen MR) is 112 cm³/mol. The third-order valence-electron chi connectivity index (χ3n) is 6.48. The van der Waals surface area contributed by atoms with Crippen LogP contribution in [0.4, 0.5) is 0 Å².